The Kier molecular flexibility index (Phi) is 8.36. The molecule has 3 heterocycles. The van der Waals surface area contributed by atoms with Crippen molar-refractivity contribution in [3.63, 3.8) is 0 Å². The molecule has 0 radical (unpaired) electrons. The predicted octanol–water partition coefficient (Wildman–Crippen LogP) is 3.68. The van der Waals surface area contributed by atoms with E-state index in [0.717, 1.165) is 42.4 Å². The van der Waals surface area contributed by atoms with Gasteiger partial charge in [0.1, 0.15) is 6.54 Å². The lowest BCUT2D eigenvalue weighted by Gasteiger charge is -2.30. The van der Waals surface area contributed by atoms with Crippen LogP contribution in [-0.4, -0.2) is 74.1 Å². The molecule has 4 rings (SSSR count). The van der Waals surface area contributed by atoms with E-state index >= 15 is 0 Å². The fourth-order valence-corrected chi connectivity index (χ4v) is 4.90. The Hall–Kier alpha value is -3.76. The van der Waals surface area contributed by atoms with Crippen molar-refractivity contribution in [1.29, 1.82) is 0 Å². The number of sulfone groups is 1. The Morgan fingerprint density at radius 1 is 1.18 bits per heavy atom. The van der Waals surface area contributed by atoms with Gasteiger partial charge in [0.05, 0.1) is 29.6 Å². The van der Waals surface area contributed by atoms with E-state index in [2.05, 4.69) is 44.7 Å². The van der Waals surface area contributed by atoms with Crippen LogP contribution in [0, 0.1) is 11.8 Å². The molecule has 208 valence electrons. The molecular weight excluding hydrogens is 533 g/mol. The molecule has 0 aliphatic carbocycles. The quantitative estimate of drug-likeness (QED) is 0.396. The third-order valence-corrected chi connectivity index (χ3v) is 7.29. The van der Waals surface area contributed by atoms with Crippen LogP contribution in [0.15, 0.2) is 47.6 Å². The van der Waals surface area contributed by atoms with Crippen LogP contribution >= 0.6 is 0 Å². The van der Waals surface area contributed by atoms with Crippen molar-refractivity contribution >= 4 is 38.1 Å². The number of likely N-dealkylation sites (tertiary alicyclic amines) is 1. The van der Waals surface area contributed by atoms with E-state index in [1.165, 1.54) is 18.3 Å². The van der Waals surface area contributed by atoms with Crippen molar-refractivity contribution < 1.29 is 26.4 Å². The van der Waals surface area contributed by atoms with Crippen LogP contribution in [0.4, 0.5) is 29.3 Å². The summed E-state index contributed by atoms with van der Waals surface area (Å²) in [5, 5.41) is 9.01. The Labute approximate surface area is 224 Å². The van der Waals surface area contributed by atoms with Crippen LogP contribution in [0.3, 0.4) is 0 Å². The van der Waals surface area contributed by atoms with Gasteiger partial charge in [0, 0.05) is 23.4 Å². The van der Waals surface area contributed by atoms with E-state index in [1.54, 1.807) is 18.2 Å². The second kappa shape index (κ2) is 11.5. The molecule has 0 bridgehead atoms. The van der Waals surface area contributed by atoms with Gasteiger partial charge in [0.15, 0.2) is 14.9 Å². The maximum absolute atomic E-state index is 13.4. The van der Waals surface area contributed by atoms with Crippen LogP contribution in [0.25, 0.3) is 10.9 Å². The molecule has 0 unspecified atom stereocenters. The van der Waals surface area contributed by atoms with Gasteiger partial charge in [0.25, 0.3) is 0 Å². The number of hydrogen-bond acceptors (Lipinski definition) is 6. The van der Waals surface area contributed by atoms with Crippen molar-refractivity contribution in [3.05, 3.63) is 48.3 Å². The third kappa shape index (κ3) is 7.64. The molecule has 1 fully saturated rings. The molecule has 0 saturated carbocycles. The number of rotatable bonds is 6. The average Bonchev–Trinajstić information content (AvgIpc) is 3.20. The van der Waals surface area contributed by atoms with Gasteiger partial charge in [-0.05, 0) is 69.2 Å². The van der Waals surface area contributed by atoms with Gasteiger partial charge in [-0.3, -0.25) is 0 Å². The first-order valence-electron chi connectivity index (χ1n) is 12.2. The highest BCUT2D eigenvalue weighted by molar-refractivity contribution is 7.90. The minimum atomic E-state index is -4.45. The van der Waals surface area contributed by atoms with E-state index in [9.17, 15) is 26.4 Å². The monoisotopic (exact) mass is 562 g/mol. The minimum Gasteiger partial charge on any atom is -0.382 e. The Bertz CT molecular complexity index is 1500. The fourth-order valence-electron chi connectivity index (χ4n) is 4.34. The van der Waals surface area contributed by atoms with Crippen LogP contribution in [0.5, 0.6) is 0 Å². The highest BCUT2D eigenvalue weighted by Crippen LogP contribution is 2.31. The smallest absolute Gasteiger partial charge is 0.382 e. The zero-order chi connectivity index (χ0) is 28.2. The number of nitrogens with one attached hydrogen (secondary N) is 3. The topological polar surface area (TPSA) is 108 Å². The number of piperidine rings is 1. The number of fused-ring (bicyclic) bond motifs is 1. The molecule has 3 N–H and O–H groups in total. The standard InChI is InChI=1S/C26H29F3N6O3S/c1-34-13-10-18(11-14-34)32-22-6-3-7-23-21(22)15-20(35(23)17-26(27,28)29)5-4-12-30-25(36)33-19-8-9-24(31-16-19)39(2,37)38/h3,6-9,15-16,18,32H,10-14,17H2,1-2H3,(H2,30,33,36). The average molecular weight is 563 g/mol. The molecule has 1 aliphatic heterocycles. The van der Waals surface area contributed by atoms with E-state index in [-0.39, 0.29) is 29.0 Å². The normalized spacial score (nSPS) is 15.0. The summed E-state index contributed by atoms with van der Waals surface area (Å²) in [6.45, 7) is 0.572. The van der Waals surface area contributed by atoms with Crippen LogP contribution in [-0.2, 0) is 16.4 Å². The number of halogens is 3. The summed E-state index contributed by atoms with van der Waals surface area (Å²) < 4.78 is 64.4. The number of carbonyl (C=O) groups excluding carboxylic acids is 1. The number of benzene rings is 1. The summed E-state index contributed by atoms with van der Waals surface area (Å²) >= 11 is 0. The van der Waals surface area contributed by atoms with Gasteiger partial charge >= 0.3 is 12.2 Å². The molecule has 2 aromatic heterocycles. The second-order valence-corrected chi connectivity index (χ2v) is 11.4. The molecule has 13 heteroatoms. The van der Waals surface area contributed by atoms with Gasteiger partial charge in [0.2, 0.25) is 0 Å². The predicted molar refractivity (Wildman–Crippen MR) is 143 cm³/mol. The summed E-state index contributed by atoms with van der Waals surface area (Å²) in [6, 6.07) is 9.13. The lowest BCUT2D eigenvalue weighted by Crippen LogP contribution is -2.36. The first-order valence-corrected chi connectivity index (χ1v) is 14.1. The fraction of sp³-hybridized carbons (Fsp3) is 0.385. The first-order chi connectivity index (χ1) is 18.4. The maximum atomic E-state index is 13.4. The highest BCUT2D eigenvalue weighted by Gasteiger charge is 2.30. The summed E-state index contributed by atoms with van der Waals surface area (Å²) in [5.41, 5.74) is 1.63. The molecule has 9 nitrogen and oxygen atoms in total. The number of urea groups is 1. The van der Waals surface area contributed by atoms with E-state index in [0.29, 0.717) is 10.9 Å². The SMILES string of the molecule is CN1CCC(Nc2cccc3c2cc(C#CCNC(=O)Nc2ccc(S(C)(=O)=O)nc2)n3CC(F)(F)F)CC1. The Morgan fingerprint density at radius 3 is 2.56 bits per heavy atom. The number of nitrogens with zero attached hydrogens (tertiary/aromatic N) is 3. The largest absolute Gasteiger partial charge is 0.406 e. The zero-order valence-corrected chi connectivity index (χ0v) is 22.3. The second-order valence-electron chi connectivity index (χ2n) is 9.46. The van der Waals surface area contributed by atoms with Crippen molar-refractivity contribution in [3.8, 4) is 11.8 Å². The summed E-state index contributed by atoms with van der Waals surface area (Å²) in [7, 11) is -1.40. The molecule has 3 aromatic rings. The number of anilines is 2. The molecule has 1 aliphatic rings. The number of carbonyl (C=O) groups is 1. The molecule has 39 heavy (non-hydrogen) atoms. The molecule has 2 amide bonds. The third-order valence-electron chi connectivity index (χ3n) is 6.29. The van der Waals surface area contributed by atoms with Crippen LogP contribution in [0.2, 0.25) is 0 Å². The van der Waals surface area contributed by atoms with Crippen molar-refractivity contribution in [2.75, 3.05) is 43.6 Å². The number of alkyl halides is 3. The van der Waals surface area contributed by atoms with E-state index in [1.807, 2.05) is 6.07 Å². The molecular formula is C26H29F3N6O3S. The summed E-state index contributed by atoms with van der Waals surface area (Å²) in [6.07, 6.45) is -0.342. The lowest BCUT2D eigenvalue weighted by molar-refractivity contribution is -0.140. The molecule has 0 atom stereocenters. The highest BCUT2D eigenvalue weighted by atomic mass is 32.2. The van der Waals surface area contributed by atoms with Gasteiger partial charge < -0.3 is 25.4 Å². The van der Waals surface area contributed by atoms with Gasteiger partial charge in [-0.1, -0.05) is 12.0 Å². The molecule has 1 aromatic carbocycles. The number of aromatic nitrogens is 2. The Balaban J connectivity index is 1.48. The zero-order valence-electron chi connectivity index (χ0n) is 21.5. The number of amides is 2. The van der Waals surface area contributed by atoms with Crippen LogP contribution < -0.4 is 16.0 Å². The summed E-state index contributed by atoms with van der Waals surface area (Å²) in [4.78, 5) is 18.2. The van der Waals surface area contributed by atoms with Crippen molar-refractivity contribution in [2.45, 2.75) is 36.6 Å². The number of pyridine rings is 1. The molecule has 1 saturated heterocycles. The number of hydrogen-bond donors (Lipinski definition) is 3. The van der Waals surface area contributed by atoms with E-state index < -0.39 is 28.6 Å². The summed E-state index contributed by atoms with van der Waals surface area (Å²) in [5.74, 6) is 5.47. The Morgan fingerprint density at radius 2 is 1.92 bits per heavy atom. The maximum Gasteiger partial charge on any atom is 0.406 e. The first kappa shape index (κ1) is 28.3. The van der Waals surface area contributed by atoms with Crippen molar-refractivity contribution in [1.82, 2.24) is 19.8 Å². The lowest BCUT2D eigenvalue weighted by atomic mass is 10.0. The van der Waals surface area contributed by atoms with E-state index in [4.69, 9.17) is 0 Å². The van der Waals surface area contributed by atoms with Gasteiger partial charge in [-0.25, -0.2) is 18.2 Å². The van der Waals surface area contributed by atoms with Gasteiger partial charge in [-0.15, -0.1) is 0 Å². The minimum absolute atomic E-state index is 0.127. The van der Waals surface area contributed by atoms with Crippen LogP contribution in [0.1, 0.15) is 18.5 Å². The van der Waals surface area contributed by atoms with Gasteiger partial charge in [-0.2, -0.15) is 13.2 Å². The van der Waals surface area contributed by atoms with Crippen molar-refractivity contribution in [2.24, 2.45) is 0 Å². The molecule has 0 spiro atoms.